The Balaban J connectivity index is 1.51. The van der Waals surface area contributed by atoms with E-state index in [1.165, 1.54) is 0 Å². The van der Waals surface area contributed by atoms with E-state index >= 15 is 0 Å². The van der Waals surface area contributed by atoms with Gasteiger partial charge < -0.3 is 0 Å². The summed E-state index contributed by atoms with van der Waals surface area (Å²) >= 11 is 0. The van der Waals surface area contributed by atoms with Crippen LogP contribution in [0.2, 0.25) is 0 Å². The van der Waals surface area contributed by atoms with Gasteiger partial charge in [0, 0.05) is 17.2 Å². The number of aromatic nitrogens is 2. The average molecular weight is 441 g/mol. The van der Waals surface area contributed by atoms with Crippen LogP contribution in [0.25, 0.3) is 27.9 Å². The molecule has 0 spiro atoms. The highest BCUT2D eigenvalue weighted by Crippen LogP contribution is 2.27. The van der Waals surface area contributed by atoms with E-state index in [2.05, 4.69) is 5.10 Å². The van der Waals surface area contributed by atoms with E-state index in [0.717, 1.165) is 27.9 Å². The second-order valence-electron chi connectivity index (χ2n) is 10.6. The average Bonchev–Trinajstić information content (AvgIpc) is 3.33. The van der Waals surface area contributed by atoms with Gasteiger partial charge in [-0.05, 0) is 63.5 Å². The predicted octanol–water partition coefficient (Wildman–Crippen LogP) is 8.38. The van der Waals surface area contributed by atoms with Gasteiger partial charge in [-0.3, -0.25) is 0 Å². The van der Waals surface area contributed by atoms with Crippen LogP contribution in [-0.4, -0.2) is 9.78 Å². The zero-order valence-electron chi connectivity index (χ0n) is 24.5. The molecular weight excluding hydrogens is 400 g/mol. The second kappa shape index (κ2) is 9.02. The lowest BCUT2D eigenvalue weighted by Gasteiger charge is -2.18. The minimum Gasteiger partial charge on any atom is -0.240 e. The molecule has 33 heavy (non-hydrogen) atoms. The Labute approximate surface area is 204 Å². The fraction of sp³-hybridized carbons (Fsp3) is 0.323. The molecular formula is C31H36N2. The molecule has 0 aliphatic heterocycles. The van der Waals surface area contributed by atoms with Gasteiger partial charge >= 0.3 is 0 Å². The SMILES string of the molecule is [2H]C([2H])(c1ccc(-c2ccc(-n3cc(-c4ccc(C([2H])([2H])C(C)(C)C)cc4)cn3)cc2)cc1)C(C)(C)C. The Morgan fingerprint density at radius 3 is 1.42 bits per heavy atom. The quantitative estimate of drug-likeness (QED) is 0.305. The number of rotatable bonds is 5. The molecule has 0 bridgehead atoms. The maximum Gasteiger partial charge on any atom is 0.0646 e. The predicted molar refractivity (Wildman–Crippen MR) is 141 cm³/mol. The van der Waals surface area contributed by atoms with Crippen LogP contribution in [0, 0.1) is 10.8 Å². The van der Waals surface area contributed by atoms with Crippen LogP contribution >= 0.6 is 0 Å². The van der Waals surface area contributed by atoms with Crippen molar-refractivity contribution >= 4 is 0 Å². The van der Waals surface area contributed by atoms with E-state index < -0.39 is 23.6 Å². The molecule has 0 N–H and O–H groups in total. The fourth-order valence-corrected chi connectivity index (χ4v) is 3.78. The first-order valence-corrected chi connectivity index (χ1v) is 11.5. The first-order chi connectivity index (χ1) is 17.1. The normalized spacial score (nSPS) is 14.8. The monoisotopic (exact) mass is 440 g/mol. The van der Waals surface area contributed by atoms with Gasteiger partial charge in [0.2, 0.25) is 0 Å². The topological polar surface area (TPSA) is 17.8 Å². The first kappa shape index (κ1) is 18.3. The third kappa shape index (κ3) is 6.22. The van der Waals surface area contributed by atoms with Crippen LogP contribution in [0.5, 0.6) is 0 Å². The molecule has 4 rings (SSSR count). The van der Waals surface area contributed by atoms with Crippen molar-refractivity contribution in [2.45, 2.75) is 54.3 Å². The number of nitrogens with zero attached hydrogens (tertiary/aromatic N) is 2. The maximum absolute atomic E-state index is 8.49. The number of hydrogen-bond acceptors (Lipinski definition) is 1. The summed E-state index contributed by atoms with van der Waals surface area (Å²) in [5, 5.41) is 4.54. The van der Waals surface area contributed by atoms with E-state index in [9.17, 15) is 0 Å². The summed E-state index contributed by atoms with van der Waals surface area (Å²) in [6, 6.07) is 23.5. The molecule has 0 amide bonds. The van der Waals surface area contributed by atoms with Gasteiger partial charge in [-0.25, -0.2) is 4.68 Å². The van der Waals surface area contributed by atoms with Crippen molar-refractivity contribution < 1.29 is 5.48 Å². The molecule has 0 radical (unpaired) electrons. The van der Waals surface area contributed by atoms with Crippen LogP contribution in [0.15, 0.2) is 85.2 Å². The molecule has 4 aromatic rings. The third-order valence-corrected chi connectivity index (χ3v) is 5.19. The summed E-state index contributed by atoms with van der Waals surface area (Å²) in [5.74, 6) is 0. The molecule has 0 unspecified atom stereocenters. The Kier molecular flexibility index (Phi) is 5.00. The van der Waals surface area contributed by atoms with E-state index in [1.807, 2.05) is 131 Å². The highest BCUT2D eigenvalue weighted by molar-refractivity contribution is 5.66. The molecule has 0 fully saturated rings. The molecule has 3 aromatic carbocycles. The Morgan fingerprint density at radius 1 is 0.606 bits per heavy atom. The summed E-state index contributed by atoms with van der Waals surface area (Å²) < 4.78 is 35.8. The number of benzene rings is 3. The minimum absolute atomic E-state index is 0.485. The Morgan fingerprint density at radius 2 is 1.00 bits per heavy atom. The van der Waals surface area contributed by atoms with Gasteiger partial charge in [0.1, 0.15) is 0 Å². The van der Waals surface area contributed by atoms with E-state index in [1.54, 1.807) is 0 Å². The van der Waals surface area contributed by atoms with E-state index in [4.69, 9.17) is 5.48 Å². The zero-order valence-corrected chi connectivity index (χ0v) is 20.5. The summed E-state index contributed by atoms with van der Waals surface area (Å²) in [5.41, 5.74) is 5.38. The van der Waals surface area contributed by atoms with Crippen LogP contribution in [0.1, 0.15) is 58.2 Å². The summed E-state index contributed by atoms with van der Waals surface area (Å²) in [4.78, 5) is 0. The molecule has 1 heterocycles. The fourth-order valence-electron chi connectivity index (χ4n) is 3.78. The molecule has 2 nitrogen and oxygen atoms in total. The van der Waals surface area contributed by atoms with Crippen molar-refractivity contribution in [2.24, 2.45) is 10.8 Å². The summed E-state index contributed by atoms with van der Waals surface area (Å²) in [6.45, 7) is 11.5. The minimum atomic E-state index is -1.42. The number of hydrogen-bond donors (Lipinski definition) is 0. The van der Waals surface area contributed by atoms with Crippen LogP contribution in [0.4, 0.5) is 0 Å². The molecule has 0 atom stereocenters. The van der Waals surface area contributed by atoms with Crippen LogP contribution in [-0.2, 0) is 12.7 Å². The molecule has 2 heteroatoms. The van der Waals surface area contributed by atoms with Gasteiger partial charge in [-0.1, -0.05) is 102 Å². The smallest absolute Gasteiger partial charge is 0.0646 e. The van der Waals surface area contributed by atoms with Gasteiger partial charge in [0.05, 0.1) is 11.9 Å². The van der Waals surface area contributed by atoms with Crippen molar-refractivity contribution in [3.05, 3.63) is 96.3 Å². The lowest BCUT2D eigenvalue weighted by molar-refractivity contribution is 0.411. The highest BCUT2D eigenvalue weighted by atomic mass is 15.3. The van der Waals surface area contributed by atoms with Gasteiger partial charge in [0.15, 0.2) is 0 Å². The van der Waals surface area contributed by atoms with Crippen LogP contribution in [0.3, 0.4) is 0 Å². The molecule has 1 aromatic heterocycles. The molecule has 0 aliphatic carbocycles. The van der Waals surface area contributed by atoms with Gasteiger partial charge in [0.25, 0.3) is 0 Å². The molecule has 0 aliphatic rings. The Hall–Kier alpha value is -3.13. The van der Waals surface area contributed by atoms with Gasteiger partial charge in [-0.15, -0.1) is 0 Å². The summed E-state index contributed by atoms with van der Waals surface area (Å²) in [6.07, 6.45) is 0.969. The highest BCUT2D eigenvalue weighted by Gasteiger charge is 2.12. The van der Waals surface area contributed by atoms with E-state index in [0.29, 0.717) is 11.1 Å². The van der Waals surface area contributed by atoms with Crippen molar-refractivity contribution in [2.75, 3.05) is 0 Å². The van der Waals surface area contributed by atoms with E-state index in [-0.39, 0.29) is 0 Å². The van der Waals surface area contributed by atoms with Crippen LogP contribution < -0.4 is 0 Å². The molecule has 0 saturated carbocycles. The maximum atomic E-state index is 8.49. The Bertz CT molecular complexity index is 1350. The molecule has 0 saturated heterocycles. The lowest BCUT2D eigenvalue weighted by Crippen LogP contribution is -2.08. The van der Waals surface area contributed by atoms with Crippen molar-refractivity contribution in [1.29, 1.82) is 0 Å². The van der Waals surface area contributed by atoms with Gasteiger partial charge in [-0.2, -0.15) is 5.10 Å². The second-order valence-corrected chi connectivity index (χ2v) is 10.6. The van der Waals surface area contributed by atoms with Crippen molar-refractivity contribution in [3.63, 3.8) is 0 Å². The standard InChI is InChI=1S/C31H36N2/c1-30(2,3)19-23-7-11-25(12-8-23)26-15-17-29(18-16-26)33-22-28(21-32-33)27-13-9-24(10-14-27)20-31(4,5)6/h7-18,21-22H,19-20H2,1-6H3/i19D2,20D2. The molecule has 170 valence electrons. The third-order valence-electron chi connectivity index (χ3n) is 5.19. The van der Waals surface area contributed by atoms with Crippen molar-refractivity contribution in [3.8, 4) is 27.9 Å². The lowest BCUT2D eigenvalue weighted by atomic mass is 9.87. The van der Waals surface area contributed by atoms with Crippen molar-refractivity contribution in [1.82, 2.24) is 9.78 Å². The summed E-state index contributed by atoms with van der Waals surface area (Å²) in [7, 11) is 0. The zero-order chi connectivity index (χ0) is 27.2. The largest absolute Gasteiger partial charge is 0.240 e. The first-order valence-electron chi connectivity index (χ1n) is 13.5.